The summed E-state index contributed by atoms with van der Waals surface area (Å²) in [6.45, 7) is 0.708. The molecule has 1 aromatic carbocycles. The number of nitrogens with two attached hydrogens (primary N) is 1. The first-order valence-electron chi connectivity index (χ1n) is 4.76. The highest BCUT2D eigenvalue weighted by Crippen LogP contribution is 2.51. The van der Waals surface area contributed by atoms with Gasteiger partial charge in [0.05, 0.1) is 11.6 Å². The van der Waals surface area contributed by atoms with E-state index >= 15 is 0 Å². The summed E-state index contributed by atoms with van der Waals surface area (Å²) >= 11 is 3.49. The number of hydrogen-bond acceptors (Lipinski definition) is 2. The molecule has 14 heavy (non-hydrogen) atoms. The van der Waals surface area contributed by atoms with Crippen LogP contribution in [0.25, 0.3) is 0 Å². The summed E-state index contributed by atoms with van der Waals surface area (Å²) in [5.74, 6) is 0.940. The van der Waals surface area contributed by atoms with Gasteiger partial charge in [0.15, 0.2) is 0 Å². The van der Waals surface area contributed by atoms with Crippen molar-refractivity contribution in [2.45, 2.75) is 18.3 Å². The van der Waals surface area contributed by atoms with Crippen LogP contribution in [0.2, 0.25) is 0 Å². The van der Waals surface area contributed by atoms with Crippen LogP contribution in [0, 0.1) is 0 Å². The molecule has 2 nitrogen and oxygen atoms in total. The average molecular weight is 256 g/mol. The Balaban J connectivity index is 2.47. The Bertz CT molecular complexity index is 347. The summed E-state index contributed by atoms with van der Waals surface area (Å²) in [5, 5.41) is 0. The zero-order valence-electron chi connectivity index (χ0n) is 8.22. The van der Waals surface area contributed by atoms with Gasteiger partial charge < -0.3 is 10.5 Å². The van der Waals surface area contributed by atoms with E-state index in [1.165, 1.54) is 18.4 Å². The molecular formula is C11H14BrNO. The maximum absolute atomic E-state index is 5.80. The summed E-state index contributed by atoms with van der Waals surface area (Å²) in [4.78, 5) is 0. The van der Waals surface area contributed by atoms with Crippen LogP contribution in [0.3, 0.4) is 0 Å². The highest BCUT2D eigenvalue weighted by Gasteiger charge is 2.45. The monoisotopic (exact) mass is 255 g/mol. The van der Waals surface area contributed by atoms with E-state index in [0.717, 1.165) is 10.2 Å². The number of hydrogen-bond donors (Lipinski definition) is 1. The second kappa shape index (κ2) is 3.55. The number of ether oxygens (including phenoxy) is 1. The molecule has 0 heterocycles. The molecule has 0 atom stereocenters. The van der Waals surface area contributed by atoms with Gasteiger partial charge in [0.2, 0.25) is 0 Å². The van der Waals surface area contributed by atoms with Crippen LogP contribution in [0.5, 0.6) is 5.75 Å². The van der Waals surface area contributed by atoms with Crippen LogP contribution in [0.1, 0.15) is 18.4 Å². The Hall–Kier alpha value is -0.540. The third kappa shape index (κ3) is 1.44. The van der Waals surface area contributed by atoms with Crippen LogP contribution in [-0.2, 0) is 5.41 Å². The van der Waals surface area contributed by atoms with Crippen molar-refractivity contribution in [2.24, 2.45) is 5.73 Å². The van der Waals surface area contributed by atoms with E-state index in [4.69, 9.17) is 10.5 Å². The van der Waals surface area contributed by atoms with Gasteiger partial charge in [-0.1, -0.05) is 12.1 Å². The zero-order chi connectivity index (χ0) is 10.2. The maximum atomic E-state index is 5.80. The highest BCUT2D eigenvalue weighted by atomic mass is 79.9. The van der Waals surface area contributed by atoms with Gasteiger partial charge in [-0.3, -0.25) is 0 Å². The first-order valence-corrected chi connectivity index (χ1v) is 5.56. The Morgan fingerprint density at radius 1 is 1.50 bits per heavy atom. The van der Waals surface area contributed by atoms with Crippen molar-refractivity contribution >= 4 is 15.9 Å². The normalized spacial score (nSPS) is 17.9. The number of halogens is 1. The van der Waals surface area contributed by atoms with Gasteiger partial charge in [0, 0.05) is 17.5 Å². The first-order chi connectivity index (χ1) is 6.73. The van der Waals surface area contributed by atoms with E-state index in [9.17, 15) is 0 Å². The molecule has 2 rings (SSSR count). The lowest BCUT2D eigenvalue weighted by molar-refractivity contribution is 0.401. The van der Waals surface area contributed by atoms with Gasteiger partial charge >= 0.3 is 0 Å². The Morgan fingerprint density at radius 3 is 2.71 bits per heavy atom. The average Bonchev–Trinajstić information content (AvgIpc) is 2.98. The quantitative estimate of drug-likeness (QED) is 0.901. The fraction of sp³-hybridized carbons (Fsp3) is 0.455. The fourth-order valence-corrected chi connectivity index (χ4v) is 2.40. The van der Waals surface area contributed by atoms with Crippen molar-refractivity contribution in [3.8, 4) is 5.75 Å². The van der Waals surface area contributed by atoms with E-state index in [2.05, 4.69) is 22.0 Å². The second-order valence-electron chi connectivity index (χ2n) is 3.81. The number of methoxy groups -OCH3 is 1. The summed E-state index contributed by atoms with van der Waals surface area (Å²) < 4.78 is 6.41. The molecule has 0 aliphatic heterocycles. The summed E-state index contributed by atoms with van der Waals surface area (Å²) in [5.41, 5.74) is 7.24. The van der Waals surface area contributed by atoms with Crippen molar-refractivity contribution in [2.75, 3.05) is 13.7 Å². The predicted molar refractivity (Wildman–Crippen MR) is 60.7 cm³/mol. The predicted octanol–water partition coefficient (Wildman–Crippen LogP) is 2.45. The Kier molecular flexibility index (Phi) is 2.54. The molecular weight excluding hydrogens is 242 g/mol. The third-order valence-electron chi connectivity index (χ3n) is 2.99. The van der Waals surface area contributed by atoms with Crippen LogP contribution in [0.15, 0.2) is 22.7 Å². The fourth-order valence-electron chi connectivity index (χ4n) is 1.87. The molecule has 2 N–H and O–H groups in total. The second-order valence-corrected chi connectivity index (χ2v) is 4.66. The Morgan fingerprint density at radius 2 is 2.21 bits per heavy atom. The molecule has 0 spiro atoms. The van der Waals surface area contributed by atoms with Crippen LogP contribution < -0.4 is 10.5 Å². The number of rotatable bonds is 3. The SMILES string of the molecule is COc1c(Br)cccc1C1(CN)CC1. The molecule has 0 unspecified atom stereocenters. The minimum atomic E-state index is 0.190. The topological polar surface area (TPSA) is 35.2 Å². The first kappa shape index (κ1) is 9.99. The van der Waals surface area contributed by atoms with E-state index < -0.39 is 0 Å². The Labute approximate surface area is 92.6 Å². The molecule has 0 amide bonds. The largest absolute Gasteiger partial charge is 0.495 e. The molecule has 0 radical (unpaired) electrons. The summed E-state index contributed by atoms with van der Waals surface area (Å²) in [7, 11) is 1.70. The van der Waals surface area contributed by atoms with Crippen molar-refractivity contribution in [1.29, 1.82) is 0 Å². The van der Waals surface area contributed by atoms with Gasteiger partial charge in [-0.05, 0) is 34.8 Å². The van der Waals surface area contributed by atoms with Crippen LogP contribution in [-0.4, -0.2) is 13.7 Å². The lowest BCUT2D eigenvalue weighted by atomic mass is 9.95. The molecule has 0 bridgehead atoms. The number of para-hydroxylation sites is 1. The standard InChI is InChI=1S/C11H14BrNO/c1-14-10-8(3-2-4-9(10)12)11(7-13)5-6-11/h2-4H,5-7,13H2,1H3. The van der Waals surface area contributed by atoms with Crippen molar-refractivity contribution in [3.05, 3.63) is 28.2 Å². The minimum absolute atomic E-state index is 0.190. The molecule has 76 valence electrons. The molecule has 1 aliphatic carbocycles. The lowest BCUT2D eigenvalue weighted by Gasteiger charge is -2.17. The zero-order valence-corrected chi connectivity index (χ0v) is 9.80. The van der Waals surface area contributed by atoms with Crippen molar-refractivity contribution in [3.63, 3.8) is 0 Å². The van der Waals surface area contributed by atoms with Gasteiger partial charge in [-0.2, -0.15) is 0 Å². The third-order valence-corrected chi connectivity index (χ3v) is 3.61. The van der Waals surface area contributed by atoms with Crippen LogP contribution in [0.4, 0.5) is 0 Å². The van der Waals surface area contributed by atoms with Gasteiger partial charge in [-0.25, -0.2) is 0 Å². The molecule has 1 saturated carbocycles. The van der Waals surface area contributed by atoms with Gasteiger partial charge in [0.1, 0.15) is 5.75 Å². The van der Waals surface area contributed by atoms with Crippen LogP contribution >= 0.6 is 15.9 Å². The number of benzene rings is 1. The van der Waals surface area contributed by atoms with E-state index in [0.29, 0.717) is 6.54 Å². The minimum Gasteiger partial charge on any atom is -0.495 e. The van der Waals surface area contributed by atoms with E-state index in [1.54, 1.807) is 7.11 Å². The van der Waals surface area contributed by atoms with Gasteiger partial charge in [0.25, 0.3) is 0 Å². The molecule has 1 fully saturated rings. The molecule has 1 aliphatic rings. The highest BCUT2D eigenvalue weighted by molar-refractivity contribution is 9.10. The van der Waals surface area contributed by atoms with E-state index in [-0.39, 0.29) is 5.41 Å². The van der Waals surface area contributed by atoms with Crippen molar-refractivity contribution < 1.29 is 4.74 Å². The molecule has 3 heteroatoms. The molecule has 0 saturated heterocycles. The maximum Gasteiger partial charge on any atom is 0.136 e. The van der Waals surface area contributed by atoms with Gasteiger partial charge in [-0.15, -0.1) is 0 Å². The molecule has 1 aromatic rings. The molecule has 0 aromatic heterocycles. The van der Waals surface area contributed by atoms with E-state index in [1.807, 2.05) is 12.1 Å². The lowest BCUT2D eigenvalue weighted by Crippen LogP contribution is -2.20. The summed E-state index contributed by atoms with van der Waals surface area (Å²) in [6, 6.07) is 6.15. The summed E-state index contributed by atoms with van der Waals surface area (Å²) in [6.07, 6.45) is 2.35. The van der Waals surface area contributed by atoms with Crippen molar-refractivity contribution in [1.82, 2.24) is 0 Å². The smallest absolute Gasteiger partial charge is 0.136 e.